The molecule has 1 aliphatic carbocycles. The molecule has 6 aromatic carbocycles. The van der Waals surface area contributed by atoms with E-state index in [1.807, 2.05) is 12.4 Å². The van der Waals surface area contributed by atoms with E-state index in [9.17, 15) is 0 Å². The Morgan fingerprint density at radius 3 is 1.69 bits per heavy atom. The Bertz CT molecular complexity index is 2620. The summed E-state index contributed by atoms with van der Waals surface area (Å²) in [6.45, 7) is 17.9. The number of benzene rings is 6. The minimum atomic E-state index is 0. The predicted octanol–water partition coefficient (Wildman–Crippen LogP) is 13.5. The molecule has 1 aliphatic rings. The molecule has 0 spiro atoms. The average Bonchev–Trinajstić information content (AvgIpc) is 3.40. The van der Waals surface area contributed by atoms with Gasteiger partial charge in [0.25, 0.3) is 0 Å². The van der Waals surface area contributed by atoms with Crippen molar-refractivity contribution in [3.05, 3.63) is 168 Å². The molecule has 54 heavy (non-hydrogen) atoms. The fourth-order valence-corrected chi connectivity index (χ4v) is 7.82. The maximum absolute atomic E-state index is 4.73. The Morgan fingerprint density at radius 1 is 0.481 bits per heavy atom. The number of aromatic nitrogens is 2. The standard InChI is InChI=1S/C27H22N.C24H24N.Ir/c1-27(2,3)19-13-15-26(28-17-19)18-12-14-24-22-10-5-4-8-20(22)21-9-6-7-11-23(21)25(24)16-18;1-23(2,3)17-12-13-25-22(15-17)16-10-11-21-19(14-16)18-8-6-7-9-20(18)24(21,4)5;/h4-11,13-17H,1-3H3;6-9,11-15H,1-5H3;/q2*-1;. The van der Waals surface area contributed by atoms with Crippen LogP contribution in [0.2, 0.25) is 0 Å². The van der Waals surface area contributed by atoms with Crippen molar-refractivity contribution < 1.29 is 20.1 Å². The predicted molar refractivity (Wildman–Crippen MR) is 224 cm³/mol. The van der Waals surface area contributed by atoms with Gasteiger partial charge in [0.15, 0.2) is 0 Å². The summed E-state index contributed by atoms with van der Waals surface area (Å²) in [6, 6.07) is 50.4. The van der Waals surface area contributed by atoms with Crippen LogP contribution in [0.25, 0.3) is 66.0 Å². The summed E-state index contributed by atoms with van der Waals surface area (Å²) in [7, 11) is 0. The topological polar surface area (TPSA) is 25.8 Å². The van der Waals surface area contributed by atoms with Crippen molar-refractivity contribution in [2.75, 3.05) is 0 Å². The van der Waals surface area contributed by atoms with Gasteiger partial charge in [0.2, 0.25) is 0 Å². The fraction of sp³-hybridized carbons (Fsp3) is 0.216. The molecule has 0 atom stereocenters. The normalized spacial score (nSPS) is 13.2. The Labute approximate surface area is 334 Å². The van der Waals surface area contributed by atoms with E-state index in [0.29, 0.717) is 0 Å². The monoisotopic (exact) mass is 879 g/mol. The Kier molecular flexibility index (Phi) is 9.71. The van der Waals surface area contributed by atoms with E-state index in [4.69, 9.17) is 4.98 Å². The van der Waals surface area contributed by atoms with Crippen LogP contribution in [-0.2, 0) is 36.4 Å². The van der Waals surface area contributed by atoms with Gasteiger partial charge in [-0.25, -0.2) is 0 Å². The van der Waals surface area contributed by atoms with E-state index >= 15 is 0 Å². The fourth-order valence-electron chi connectivity index (χ4n) is 7.82. The number of hydrogen-bond donors (Lipinski definition) is 0. The molecule has 2 aromatic heterocycles. The van der Waals surface area contributed by atoms with Gasteiger partial charge in [0.1, 0.15) is 0 Å². The molecule has 2 heterocycles. The van der Waals surface area contributed by atoms with Gasteiger partial charge in [0, 0.05) is 32.5 Å². The van der Waals surface area contributed by atoms with E-state index in [-0.39, 0.29) is 36.4 Å². The summed E-state index contributed by atoms with van der Waals surface area (Å²) in [5, 5.41) is 7.63. The van der Waals surface area contributed by atoms with Gasteiger partial charge in [-0.05, 0) is 72.1 Å². The number of pyridine rings is 2. The first-order valence-corrected chi connectivity index (χ1v) is 18.7. The van der Waals surface area contributed by atoms with Crippen molar-refractivity contribution in [1.29, 1.82) is 0 Å². The summed E-state index contributed by atoms with van der Waals surface area (Å²) in [6.07, 6.45) is 3.90. The first kappa shape index (κ1) is 37.4. The maximum Gasteiger partial charge on any atom is 0.0198 e. The van der Waals surface area contributed by atoms with Gasteiger partial charge >= 0.3 is 0 Å². The number of fused-ring (bicyclic) bond motifs is 9. The zero-order valence-electron chi connectivity index (χ0n) is 32.4. The molecule has 0 saturated heterocycles. The minimum Gasteiger partial charge on any atom is -0.305 e. The quantitative estimate of drug-likeness (QED) is 0.128. The Hall–Kier alpha value is -4.95. The summed E-state index contributed by atoms with van der Waals surface area (Å²) in [4.78, 5) is 9.34. The molecule has 0 aliphatic heterocycles. The van der Waals surface area contributed by atoms with Crippen LogP contribution in [0.3, 0.4) is 0 Å². The molecule has 9 rings (SSSR count). The van der Waals surface area contributed by atoms with Gasteiger partial charge in [-0.1, -0.05) is 168 Å². The van der Waals surface area contributed by atoms with E-state index in [1.165, 1.54) is 65.7 Å². The van der Waals surface area contributed by atoms with Gasteiger partial charge < -0.3 is 9.97 Å². The van der Waals surface area contributed by atoms with Crippen LogP contribution in [0.1, 0.15) is 77.6 Å². The van der Waals surface area contributed by atoms with Crippen LogP contribution in [0.15, 0.2) is 134 Å². The maximum atomic E-state index is 4.73. The molecule has 0 saturated carbocycles. The summed E-state index contributed by atoms with van der Waals surface area (Å²) in [5.41, 5.74) is 12.3. The molecule has 3 heteroatoms. The second kappa shape index (κ2) is 14.0. The molecular formula is C51H46IrN2-2. The smallest absolute Gasteiger partial charge is 0.0198 e. The van der Waals surface area contributed by atoms with Gasteiger partial charge in [-0.2, -0.15) is 0 Å². The zero-order valence-corrected chi connectivity index (χ0v) is 34.8. The van der Waals surface area contributed by atoms with Crippen LogP contribution >= 0.6 is 0 Å². The first-order chi connectivity index (χ1) is 25.3. The third-order valence-corrected chi connectivity index (χ3v) is 11.0. The summed E-state index contributed by atoms with van der Waals surface area (Å²) < 4.78 is 0. The Balaban J connectivity index is 0.000000165. The first-order valence-electron chi connectivity index (χ1n) is 18.7. The molecular weight excluding hydrogens is 833 g/mol. The summed E-state index contributed by atoms with van der Waals surface area (Å²) >= 11 is 0. The van der Waals surface area contributed by atoms with Crippen molar-refractivity contribution in [3.8, 4) is 33.6 Å². The molecule has 0 bridgehead atoms. The van der Waals surface area contributed by atoms with Crippen molar-refractivity contribution in [2.24, 2.45) is 0 Å². The molecule has 1 radical (unpaired) electrons. The van der Waals surface area contributed by atoms with Crippen molar-refractivity contribution in [3.63, 3.8) is 0 Å². The van der Waals surface area contributed by atoms with Crippen molar-refractivity contribution in [2.45, 2.75) is 71.6 Å². The van der Waals surface area contributed by atoms with Crippen LogP contribution in [0.5, 0.6) is 0 Å². The molecule has 0 amide bonds. The van der Waals surface area contributed by atoms with Gasteiger partial charge in [-0.3, -0.25) is 0 Å². The van der Waals surface area contributed by atoms with E-state index in [2.05, 4.69) is 194 Å². The van der Waals surface area contributed by atoms with Crippen LogP contribution in [0, 0.1) is 12.1 Å². The Morgan fingerprint density at radius 2 is 1.06 bits per heavy atom. The summed E-state index contributed by atoms with van der Waals surface area (Å²) in [5.74, 6) is 0. The molecule has 0 N–H and O–H groups in total. The number of hydrogen-bond acceptors (Lipinski definition) is 2. The molecule has 2 nitrogen and oxygen atoms in total. The zero-order chi connectivity index (χ0) is 37.1. The minimum absolute atomic E-state index is 0. The van der Waals surface area contributed by atoms with E-state index in [1.54, 1.807) is 0 Å². The van der Waals surface area contributed by atoms with E-state index < -0.39 is 0 Å². The van der Waals surface area contributed by atoms with Crippen LogP contribution < -0.4 is 0 Å². The average molecular weight is 879 g/mol. The molecule has 0 unspecified atom stereocenters. The van der Waals surface area contributed by atoms with Gasteiger partial charge in [-0.15, -0.1) is 53.1 Å². The second-order valence-corrected chi connectivity index (χ2v) is 17.0. The largest absolute Gasteiger partial charge is 0.305 e. The second-order valence-electron chi connectivity index (χ2n) is 17.0. The van der Waals surface area contributed by atoms with Crippen molar-refractivity contribution >= 4 is 32.3 Å². The van der Waals surface area contributed by atoms with Crippen LogP contribution in [-0.4, -0.2) is 9.97 Å². The third kappa shape index (κ3) is 6.70. The molecule has 8 aromatic rings. The van der Waals surface area contributed by atoms with Gasteiger partial charge in [0.05, 0.1) is 0 Å². The third-order valence-electron chi connectivity index (χ3n) is 11.0. The van der Waals surface area contributed by atoms with E-state index in [0.717, 1.165) is 22.5 Å². The number of rotatable bonds is 2. The SMILES string of the molecule is CC(C)(C)c1ccc(-c2[c-]cc3c4ccccc4c4ccccc4c3c2)nc1.CC(C)(C)c1ccnc(-c2[c-]cc3c(c2)-c2ccccc2C3(C)C)c1.[Ir]. The van der Waals surface area contributed by atoms with Crippen molar-refractivity contribution in [1.82, 2.24) is 9.97 Å². The molecule has 0 fully saturated rings. The molecule has 271 valence electrons. The van der Waals surface area contributed by atoms with Crippen LogP contribution in [0.4, 0.5) is 0 Å². The number of nitrogens with zero attached hydrogens (tertiary/aromatic N) is 2.